The Morgan fingerprint density at radius 1 is 1.37 bits per heavy atom. The molecular weight excluding hydrogens is 276 g/mol. The summed E-state index contributed by atoms with van der Waals surface area (Å²) in [6.07, 6.45) is 7.89. The fourth-order valence-corrected chi connectivity index (χ4v) is 3.93. The Labute approximate surface area is 126 Å². The maximum atomic E-state index is 12.5. The van der Waals surface area contributed by atoms with E-state index in [9.17, 15) is 4.79 Å². The summed E-state index contributed by atoms with van der Waals surface area (Å²) in [5.41, 5.74) is 5.25. The van der Waals surface area contributed by atoms with Gasteiger partial charge in [0.15, 0.2) is 0 Å². The Kier molecular flexibility index (Phi) is 6.12. The molecule has 0 heterocycles. The van der Waals surface area contributed by atoms with Crippen LogP contribution in [0.15, 0.2) is 0 Å². The highest BCUT2D eigenvalue weighted by Crippen LogP contribution is 2.39. The van der Waals surface area contributed by atoms with Gasteiger partial charge in [0, 0.05) is 11.3 Å². The molecule has 1 aliphatic carbocycles. The summed E-state index contributed by atoms with van der Waals surface area (Å²) < 4.78 is 0.131. The number of hydrogen-bond donors (Lipinski definition) is 2. The minimum absolute atomic E-state index is 0.0397. The molecule has 1 rings (SSSR count). The maximum Gasteiger partial charge on any atom is 0.233 e. The Morgan fingerprint density at radius 2 is 1.89 bits per heavy atom. The fraction of sp³-hybridized carbons (Fsp3) is 0.857. The topological polar surface area (TPSA) is 55.1 Å². The number of amides is 1. The van der Waals surface area contributed by atoms with Crippen molar-refractivity contribution in [3.05, 3.63) is 0 Å². The third-order valence-electron chi connectivity index (χ3n) is 4.66. The highest BCUT2D eigenvalue weighted by Gasteiger charge is 2.44. The van der Waals surface area contributed by atoms with Crippen LogP contribution in [0.25, 0.3) is 0 Å². The molecule has 0 atom stereocenters. The summed E-state index contributed by atoms with van der Waals surface area (Å²) in [7, 11) is 0. The van der Waals surface area contributed by atoms with Crippen molar-refractivity contribution in [3.8, 4) is 0 Å². The molecule has 1 saturated carbocycles. The molecule has 1 amide bonds. The van der Waals surface area contributed by atoms with Gasteiger partial charge in [0.25, 0.3) is 0 Å². The smallest absolute Gasteiger partial charge is 0.233 e. The zero-order chi connectivity index (χ0) is 14.5. The van der Waals surface area contributed by atoms with Crippen LogP contribution in [0.2, 0.25) is 0 Å². The number of nitrogens with one attached hydrogen (secondary N) is 1. The predicted molar refractivity (Wildman–Crippen MR) is 87.5 cm³/mol. The van der Waals surface area contributed by atoms with E-state index in [1.807, 2.05) is 11.8 Å². The van der Waals surface area contributed by atoms with Gasteiger partial charge >= 0.3 is 0 Å². The number of thiocarbonyl (C=S) groups is 1. The maximum absolute atomic E-state index is 12.5. The zero-order valence-electron chi connectivity index (χ0n) is 12.3. The van der Waals surface area contributed by atoms with E-state index in [4.69, 9.17) is 18.0 Å². The van der Waals surface area contributed by atoms with Crippen LogP contribution in [-0.2, 0) is 4.79 Å². The van der Waals surface area contributed by atoms with Crippen LogP contribution in [-0.4, -0.2) is 28.4 Å². The molecule has 0 aromatic carbocycles. The van der Waals surface area contributed by atoms with Crippen molar-refractivity contribution in [2.75, 3.05) is 12.8 Å². The molecule has 5 heteroatoms. The molecule has 110 valence electrons. The monoisotopic (exact) mass is 302 g/mol. The predicted octanol–water partition coefficient (Wildman–Crippen LogP) is 2.87. The molecule has 0 unspecified atom stereocenters. The summed E-state index contributed by atoms with van der Waals surface area (Å²) in [5, 5.41) is 3.11. The van der Waals surface area contributed by atoms with Gasteiger partial charge < -0.3 is 11.1 Å². The van der Waals surface area contributed by atoms with Crippen LogP contribution < -0.4 is 11.1 Å². The number of nitrogens with two attached hydrogens (primary N) is 1. The summed E-state index contributed by atoms with van der Waals surface area (Å²) in [6.45, 7) is 5.04. The lowest BCUT2D eigenvalue weighted by Gasteiger charge is -2.33. The second kappa shape index (κ2) is 6.93. The minimum atomic E-state index is -0.582. The minimum Gasteiger partial charge on any atom is -0.392 e. The van der Waals surface area contributed by atoms with Gasteiger partial charge in [0.05, 0.1) is 10.4 Å². The molecule has 0 aromatic rings. The molecular formula is C14H26N2OS2. The van der Waals surface area contributed by atoms with E-state index in [0.717, 1.165) is 38.5 Å². The summed E-state index contributed by atoms with van der Waals surface area (Å²) >= 11 is 6.98. The van der Waals surface area contributed by atoms with Crippen LogP contribution in [0.4, 0.5) is 0 Å². The molecule has 0 spiro atoms. The molecule has 1 aliphatic rings. The van der Waals surface area contributed by atoms with Gasteiger partial charge in [0.1, 0.15) is 0 Å². The highest BCUT2D eigenvalue weighted by atomic mass is 32.2. The lowest BCUT2D eigenvalue weighted by Crippen LogP contribution is -2.50. The van der Waals surface area contributed by atoms with Gasteiger partial charge in [-0.2, -0.15) is 11.8 Å². The van der Waals surface area contributed by atoms with Crippen molar-refractivity contribution in [3.63, 3.8) is 0 Å². The third kappa shape index (κ3) is 3.43. The largest absolute Gasteiger partial charge is 0.392 e. The summed E-state index contributed by atoms with van der Waals surface area (Å²) in [6, 6.07) is 0. The lowest BCUT2D eigenvalue weighted by atomic mass is 9.85. The first-order valence-corrected chi connectivity index (χ1v) is 8.73. The summed E-state index contributed by atoms with van der Waals surface area (Å²) in [5.74, 6) is 0.0397. The van der Waals surface area contributed by atoms with Gasteiger partial charge in [-0.25, -0.2) is 0 Å². The molecule has 0 saturated heterocycles. The number of carbonyl (C=O) groups is 1. The van der Waals surface area contributed by atoms with Crippen LogP contribution in [0.5, 0.6) is 0 Å². The van der Waals surface area contributed by atoms with Crippen molar-refractivity contribution < 1.29 is 4.79 Å². The van der Waals surface area contributed by atoms with Crippen molar-refractivity contribution in [2.24, 2.45) is 11.1 Å². The van der Waals surface area contributed by atoms with E-state index in [0.29, 0.717) is 11.5 Å². The average Bonchev–Trinajstić information content (AvgIpc) is 2.91. The van der Waals surface area contributed by atoms with Gasteiger partial charge in [-0.1, -0.05) is 38.9 Å². The van der Waals surface area contributed by atoms with E-state index in [1.54, 1.807) is 0 Å². The second-order valence-electron chi connectivity index (χ2n) is 5.43. The van der Waals surface area contributed by atoms with Crippen LogP contribution >= 0.6 is 24.0 Å². The number of thioether (sulfide) groups is 1. The van der Waals surface area contributed by atoms with Crippen molar-refractivity contribution in [1.29, 1.82) is 0 Å². The Bertz CT molecular complexity index is 326. The third-order valence-corrected chi connectivity index (χ3v) is 6.63. The Balaban J connectivity index is 2.71. The van der Waals surface area contributed by atoms with Crippen molar-refractivity contribution in [2.45, 2.75) is 57.1 Å². The first-order chi connectivity index (χ1) is 8.96. The number of carbonyl (C=O) groups excluding carboxylic acids is 1. The van der Waals surface area contributed by atoms with Gasteiger partial charge in [-0.05, 0) is 31.9 Å². The van der Waals surface area contributed by atoms with E-state index in [-0.39, 0.29) is 10.7 Å². The van der Waals surface area contributed by atoms with E-state index >= 15 is 0 Å². The van der Waals surface area contributed by atoms with Gasteiger partial charge in [-0.15, -0.1) is 0 Å². The van der Waals surface area contributed by atoms with Gasteiger partial charge in [-0.3, -0.25) is 4.79 Å². The first-order valence-electron chi connectivity index (χ1n) is 7.09. The molecule has 0 aliphatic heterocycles. The molecule has 0 bridgehead atoms. The SMILES string of the molecule is CCC(CC)(CNC(=O)C1(C(N)=S)CCCC1)SC. The zero-order valence-corrected chi connectivity index (χ0v) is 13.9. The van der Waals surface area contributed by atoms with Crippen molar-refractivity contribution in [1.82, 2.24) is 5.32 Å². The fourth-order valence-electron chi connectivity index (χ4n) is 2.84. The number of rotatable bonds is 7. The van der Waals surface area contributed by atoms with Crippen LogP contribution in [0.1, 0.15) is 52.4 Å². The quantitative estimate of drug-likeness (QED) is 0.710. The van der Waals surface area contributed by atoms with E-state index < -0.39 is 5.41 Å². The van der Waals surface area contributed by atoms with Crippen LogP contribution in [0.3, 0.4) is 0 Å². The summed E-state index contributed by atoms with van der Waals surface area (Å²) in [4.78, 5) is 12.9. The molecule has 0 radical (unpaired) electrons. The van der Waals surface area contributed by atoms with Gasteiger partial charge in [0.2, 0.25) is 5.91 Å². The molecule has 1 fully saturated rings. The lowest BCUT2D eigenvalue weighted by molar-refractivity contribution is -0.127. The Morgan fingerprint density at radius 3 is 2.26 bits per heavy atom. The van der Waals surface area contributed by atoms with E-state index in [2.05, 4.69) is 25.4 Å². The Hall–Kier alpha value is -0.290. The molecule has 19 heavy (non-hydrogen) atoms. The molecule has 3 nitrogen and oxygen atoms in total. The molecule has 3 N–H and O–H groups in total. The molecule has 0 aromatic heterocycles. The first kappa shape index (κ1) is 16.8. The highest BCUT2D eigenvalue weighted by molar-refractivity contribution is 8.00. The second-order valence-corrected chi connectivity index (χ2v) is 7.14. The van der Waals surface area contributed by atoms with E-state index in [1.165, 1.54) is 0 Å². The average molecular weight is 303 g/mol. The van der Waals surface area contributed by atoms with Crippen LogP contribution in [0, 0.1) is 5.41 Å². The standard InChI is InChI=1S/C14H26N2OS2/c1-4-13(5-2,19-3)10-16-12(17)14(11(15)18)8-6-7-9-14/h4-10H2,1-3H3,(H2,15,18)(H,16,17). The number of hydrogen-bond acceptors (Lipinski definition) is 3. The van der Waals surface area contributed by atoms with Crippen molar-refractivity contribution >= 4 is 34.9 Å². The normalized spacial score (nSPS) is 18.3.